The van der Waals surface area contributed by atoms with E-state index < -0.39 is 30.0 Å². The molecule has 0 radical (unpaired) electrons. The van der Waals surface area contributed by atoms with Gasteiger partial charge in [0.2, 0.25) is 0 Å². The number of aromatic nitrogens is 3. The van der Waals surface area contributed by atoms with Gasteiger partial charge in [0.25, 0.3) is 0 Å². The van der Waals surface area contributed by atoms with Crippen molar-refractivity contribution in [3.05, 3.63) is 24.2 Å². The topological polar surface area (TPSA) is 153 Å². The van der Waals surface area contributed by atoms with Gasteiger partial charge in [0, 0.05) is 0 Å². The van der Waals surface area contributed by atoms with E-state index in [1.165, 1.54) is 10.8 Å². The average Bonchev–Trinajstić information content (AvgIpc) is 3.25. The standard InChI is InChI=1S/C21H33N5O6/c1-12(19(29)31-8-20(2,3)4)24-11-30-9-21(5)17(28)15(27)16(32-21)13-6-7-14-18(22)23-10-25-26(13)14/h6-7,10,12,15-17,24,27-28H,8-9,11H2,1-5H3,(H2,22,23,25)/t12-,15-,16-,17-,21+/m0/s1. The van der Waals surface area contributed by atoms with Gasteiger partial charge in [-0.1, -0.05) is 20.8 Å². The summed E-state index contributed by atoms with van der Waals surface area (Å²) in [6.07, 6.45) is -1.93. The van der Waals surface area contributed by atoms with Gasteiger partial charge in [-0.3, -0.25) is 10.1 Å². The lowest BCUT2D eigenvalue weighted by molar-refractivity contribution is -0.149. The lowest BCUT2D eigenvalue weighted by Gasteiger charge is -2.27. The molecule has 1 saturated heterocycles. The lowest BCUT2D eigenvalue weighted by atomic mass is 9.97. The average molecular weight is 452 g/mol. The number of rotatable bonds is 8. The molecule has 3 rings (SSSR count). The Morgan fingerprint density at radius 1 is 1.41 bits per heavy atom. The Kier molecular flexibility index (Phi) is 7.06. The predicted molar refractivity (Wildman–Crippen MR) is 115 cm³/mol. The van der Waals surface area contributed by atoms with Crippen molar-refractivity contribution in [3.63, 3.8) is 0 Å². The Morgan fingerprint density at radius 3 is 2.81 bits per heavy atom. The second-order valence-corrected chi connectivity index (χ2v) is 9.57. The van der Waals surface area contributed by atoms with E-state index in [9.17, 15) is 15.0 Å². The number of hydrogen-bond acceptors (Lipinski definition) is 10. The number of carbonyl (C=O) groups is 1. The first kappa shape index (κ1) is 24.3. The van der Waals surface area contributed by atoms with Crippen molar-refractivity contribution in [1.82, 2.24) is 19.9 Å². The van der Waals surface area contributed by atoms with E-state index in [1.807, 2.05) is 20.8 Å². The van der Waals surface area contributed by atoms with Crippen molar-refractivity contribution in [3.8, 4) is 0 Å². The third-order valence-electron chi connectivity index (χ3n) is 5.34. The van der Waals surface area contributed by atoms with Gasteiger partial charge in [0.1, 0.15) is 41.8 Å². The number of hydrogen-bond donors (Lipinski definition) is 4. The first-order chi connectivity index (χ1) is 14.9. The van der Waals surface area contributed by atoms with Crippen molar-refractivity contribution in [1.29, 1.82) is 0 Å². The first-order valence-corrected chi connectivity index (χ1v) is 10.5. The summed E-state index contributed by atoms with van der Waals surface area (Å²) >= 11 is 0. The Hall–Kier alpha value is -2.31. The molecule has 2 aromatic heterocycles. The molecule has 0 bridgehead atoms. The van der Waals surface area contributed by atoms with E-state index in [2.05, 4.69) is 15.4 Å². The summed E-state index contributed by atoms with van der Waals surface area (Å²) in [4.78, 5) is 16.0. The molecule has 5 atom stereocenters. The van der Waals surface area contributed by atoms with Gasteiger partial charge in [-0.15, -0.1) is 0 Å². The zero-order valence-electron chi connectivity index (χ0n) is 19.1. The largest absolute Gasteiger partial charge is 0.464 e. The van der Waals surface area contributed by atoms with Gasteiger partial charge < -0.3 is 30.2 Å². The molecule has 0 aromatic carbocycles. The van der Waals surface area contributed by atoms with Crippen LogP contribution in [0.5, 0.6) is 0 Å². The molecule has 1 fully saturated rings. The molecule has 11 nitrogen and oxygen atoms in total. The van der Waals surface area contributed by atoms with Crippen LogP contribution >= 0.6 is 0 Å². The van der Waals surface area contributed by atoms with Crippen molar-refractivity contribution < 1.29 is 29.2 Å². The fraction of sp³-hybridized carbons (Fsp3) is 0.667. The Labute approximate surface area is 186 Å². The van der Waals surface area contributed by atoms with E-state index in [-0.39, 0.29) is 24.7 Å². The molecule has 0 aliphatic carbocycles. The number of aliphatic hydroxyl groups excluding tert-OH is 2. The van der Waals surface area contributed by atoms with E-state index in [0.29, 0.717) is 23.6 Å². The van der Waals surface area contributed by atoms with Crippen LogP contribution in [0.25, 0.3) is 5.52 Å². The molecule has 0 unspecified atom stereocenters. The highest BCUT2D eigenvalue weighted by molar-refractivity contribution is 5.75. The minimum Gasteiger partial charge on any atom is -0.464 e. The van der Waals surface area contributed by atoms with Crippen LogP contribution in [0.3, 0.4) is 0 Å². The van der Waals surface area contributed by atoms with Gasteiger partial charge in [-0.25, -0.2) is 9.50 Å². The molecule has 3 heterocycles. The first-order valence-electron chi connectivity index (χ1n) is 10.5. The van der Waals surface area contributed by atoms with Crippen molar-refractivity contribution in [2.75, 3.05) is 25.7 Å². The number of ether oxygens (including phenoxy) is 3. The Balaban J connectivity index is 1.56. The number of esters is 1. The second kappa shape index (κ2) is 9.28. The molecule has 178 valence electrons. The summed E-state index contributed by atoms with van der Waals surface area (Å²) in [6.45, 7) is 9.62. The zero-order valence-corrected chi connectivity index (χ0v) is 19.1. The molecule has 1 aliphatic heterocycles. The fourth-order valence-corrected chi connectivity index (χ4v) is 3.43. The van der Waals surface area contributed by atoms with Gasteiger partial charge in [0.15, 0.2) is 5.82 Å². The third kappa shape index (κ3) is 5.18. The van der Waals surface area contributed by atoms with E-state index >= 15 is 0 Å². The molecule has 0 amide bonds. The summed E-state index contributed by atoms with van der Waals surface area (Å²) in [5.41, 5.74) is 5.69. The molecule has 5 N–H and O–H groups in total. The van der Waals surface area contributed by atoms with Gasteiger partial charge in [-0.05, 0) is 31.4 Å². The predicted octanol–water partition coefficient (Wildman–Crippen LogP) is 0.405. The SMILES string of the molecule is C[C@H](NCOC[C@@]1(C)O[C@@H](c2ccc3c(N)ncnn23)[C@H](O)[C@@H]1O)C(=O)OCC(C)(C)C. The fourth-order valence-electron chi connectivity index (χ4n) is 3.43. The van der Waals surface area contributed by atoms with E-state index in [1.54, 1.807) is 26.0 Å². The van der Waals surface area contributed by atoms with Gasteiger partial charge in [-0.2, -0.15) is 5.10 Å². The highest BCUT2D eigenvalue weighted by Gasteiger charge is 2.52. The number of carbonyl (C=O) groups excluding carboxylic acids is 1. The molecule has 1 aliphatic rings. The van der Waals surface area contributed by atoms with E-state index in [0.717, 1.165) is 0 Å². The summed E-state index contributed by atoms with van der Waals surface area (Å²) in [7, 11) is 0. The summed E-state index contributed by atoms with van der Waals surface area (Å²) in [5.74, 6) is -0.0738. The van der Waals surface area contributed by atoms with Crippen molar-refractivity contribution >= 4 is 17.3 Å². The highest BCUT2D eigenvalue weighted by Crippen LogP contribution is 2.40. The molecule has 11 heteroatoms. The highest BCUT2D eigenvalue weighted by atomic mass is 16.6. The normalized spacial score (nSPS) is 27.0. The number of nitrogens with two attached hydrogens (primary N) is 1. The van der Waals surface area contributed by atoms with Crippen LogP contribution in [0.1, 0.15) is 46.4 Å². The second-order valence-electron chi connectivity index (χ2n) is 9.57. The quantitative estimate of drug-likeness (QED) is 0.252. The molecule has 32 heavy (non-hydrogen) atoms. The summed E-state index contributed by atoms with van der Waals surface area (Å²) < 4.78 is 18.4. The summed E-state index contributed by atoms with van der Waals surface area (Å²) in [5, 5.41) is 28.4. The Morgan fingerprint density at radius 2 is 2.12 bits per heavy atom. The monoisotopic (exact) mass is 451 g/mol. The number of nitrogens with zero attached hydrogens (tertiary/aromatic N) is 3. The number of anilines is 1. The van der Waals surface area contributed by atoms with Crippen molar-refractivity contribution in [2.24, 2.45) is 5.41 Å². The number of aliphatic hydroxyl groups is 2. The number of nitrogen functional groups attached to an aromatic ring is 1. The van der Waals surface area contributed by atoms with Crippen LogP contribution in [0, 0.1) is 5.41 Å². The molecule has 0 spiro atoms. The molecular weight excluding hydrogens is 418 g/mol. The van der Waals surface area contributed by atoms with Crippen LogP contribution in [0.4, 0.5) is 5.82 Å². The van der Waals surface area contributed by atoms with E-state index in [4.69, 9.17) is 19.9 Å². The molecule has 0 saturated carbocycles. The van der Waals surface area contributed by atoms with Crippen LogP contribution in [0.2, 0.25) is 0 Å². The molecular formula is C21H33N5O6. The van der Waals surface area contributed by atoms with Crippen LogP contribution in [-0.4, -0.2) is 74.6 Å². The van der Waals surface area contributed by atoms with Crippen LogP contribution in [0.15, 0.2) is 18.5 Å². The summed E-state index contributed by atoms with van der Waals surface area (Å²) in [6, 6.07) is 2.89. The maximum atomic E-state index is 12.0. The minimum atomic E-state index is -1.20. The zero-order chi connectivity index (χ0) is 23.7. The number of fused-ring (bicyclic) bond motifs is 1. The van der Waals surface area contributed by atoms with Crippen molar-refractivity contribution in [2.45, 2.75) is 64.6 Å². The van der Waals surface area contributed by atoms with Crippen LogP contribution < -0.4 is 11.1 Å². The minimum absolute atomic E-state index is 0.0150. The number of nitrogens with one attached hydrogen (secondary N) is 1. The molecule has 2 aromatic rings. The van der Waals surface area contributed by atoms with Gasteiger partial charge >= 0.3 is 5.97 Å². The van der Waals surface area contributed by atoms with Crippen LogP contribution in [-0.2, 0) is 19.0 Å². The third-order valence-corrected chi connectivity index (χ3v) is 5.34. The smallest absolute Gasteiger partial charge is 0.322 e. The maximum absolute atomic E-state index is 12.0. The Bertz CT molecular complexity index is 944. The van der Waals surface area contributed by atoms with Gasteiger partial charge in [0.05, 0.1) is 25.6 Å². The lowest BCUT2D eigenvalue weighted by Crippen LogP contribution is -2.45. The maximum Gasteiger partial charge on any atom is 0.322 e.